The molecule has 2 fully saturated rings. The molecule has 5 heterocycles. The van der Waals surface area contributed by atoms with Gasteiger partial charge < -0.3 is 25.0 Å². The number of hydrogen-bond acceptors (Lipinski definition) is 9. The second-order valence-corrected chi connectivity index (χ2v) is 14.4. The molecule has 2 aromatic carbocycles. The highest BCUT2D eigenvalue weighted by molar-refractivity contribution is 6.39. The third-order valence-corrected chi connectivity index (χ3v) is 11.4. The fourth-order valence-electron chi connectivity index (χ4n) is 7.98. The van der Waals surface area contributed by atoms with Crippen LogP contribution in [0.1, 0.15) is 30.0 Å². The van der Waals surface area contributed by atoms with E-state index in [1.807, 2.05) is 41.3 Å². The number of aryl methyl sites for hydroxylation is 2. The standard InChI is InChI=1S/C38H38Cl2N8O4/c1-46-36(49)31-23(19-42-46)12-14-41-34(31)43-27-9-5-7-25(33(27)40)24-6-4-8-26(32(24)39)28-18-22-10-11-29(30(22)35(44-28)52-3)47-15-13-38(20-47)21-48(16-17-51-2)37(50)45-38/h4-9,12,14,18-19,29H,10-11,13,15-17,20-21H2,1-3H3,(H,41,43)(H,45,50)/t29-,38+/m1/s1. The van der Waals surface area contributed by atoms with E-state index in [2.05, 4.69) is 31.7 Å². The van der Waals surface area contributed by atoms with E-state index in [4.69, 9.17) is 37.7 Å². The summed E-state index contributed by atoms with van der Waals surface area (Å²) in [6.45, 7) is 3.42. The molecular weight excluding hydrogens is 703 g/mol. The lowest BCUT2D eigenvalue weighted by Crippen LogP contribution is -2.46. The Morgan fingerprint density at radius 1 is 1.04 bits per heavy atom. The number of amides is 2. The van der Waals surface area contributed by atoms with Crippen molar-refractivity contribution in [1.82, 2.24) is 34.9 Å². The lowest BCUT2D eigenvalue weighted by molar-refractivity contribution is 0.158. The van der Waals surface area contributed by atoms with E-state index in [-0.39, 0.29) is 23.2 Å². The Morgan fingerprint density at radius 2 is 1.83 bits per heavy atom. The van der Waals surface area contributed by atoms with Crippen LogP contribution in [-0.2, 0) is 18.2 Å². The third-order valence-electron chi connectivity index (χ3n) is 10.5. The molecule has 0 bridgehead atoms. The first-order valence-electron chi connectivity index (χ1n) is 17.2. The van der Waals surface area contributed by atoms with Gasteiger partial charge in [0.2, 0.25) is 5.88 Å². The number of nitrogens with one attached hydrogen (secondary N) is 2. The summed E-state index contributed by atoms with van der Waals surface area (Å²) in [6, 6.07) is 15.4. The Balaban J connectivity index is 1.08. The molecule has 0 saturated carbocycles. The zero-order chi connectivity index (χ0) is 36.1. The van der Waals surface area contributed by atoms with Gasteiger partial charge in [0, 0.05) is 80.2 Å². The van der Waals surface area contributed by atoms with Crippen LogP contribution in [0.5, 0.6) is 5.88 Å². The first-order chi connectivity index (χ1) is 25.2. The third kappa shape index (κ3) is 5.93. The molecule has 8 rings (SSSR count). The molecule has 14 heteroatoms. The molecule has 268 valence electrons. The highest BCUT2D eigenvalue weighted by Gasteiger charge is 2.49. The summed E-state index contributed by atoms with van der Waals surface area (Å²) >= 11 is 14.3. The number of carbonyl (C=O) groups is 1. The number of carbonyl (C=O) groups excluding carboxylic acids is 1. The van der Waals surface area contributed by atoms with Crippen molar-refractivity contribution >= 4 is 51.5 Å². The molecule has 1 spiro atoms. The summed E-state index contributed by atoms with van der Waals surface area (Å²) in [7, 11) is 4.91. The van der Waals surface area contributed by atoms with Gasteiger partial charge in [-0.2, -0.15) is 5.10 Å². The van der Waals surface area contributed by atoms with Crippen molar-refractivity contribution in [1.29, 1.82) is 0 Å². The van der Waals surface area contributed by atoms with Gasteiger partial charge in [-0.05, 0) is 43.0 Å². The number of halogens is 2. The molecule has 12 nitrogen and oxygen atoms in total. The zero-order valence-electron chi connectivity index (χ0n) is 29.1. The van der Waals surface area contributed by atoms with Crippen LogP contribution in [0.15, 0.2) is 65.7 Å². The Labute approximate surface area is 310 Å². The number of pyridine rings is 2. The van der Waals surface area contributed by atoms with Crippen molar-refractivity contribution in [3.05, 3.63) is 92.5 Å². The van der Waals surface area contributed by atoms with Gasteiger partial charge in [-0.3, -0.25) is 9.69 Å². The van der Waals surface area contributed by atoms with E-state index >= 15 is 0 Å². The summed E-state index contributed by atoms with van der Waals surface area (Å²) in [5, 5.41) is 12.7. The lowest BCUT2D eigenvalue weighted by Gasteiger charge is -2.28. The number of ether oxygens (including phenoxy) is 2. The van der Waals surface area contributed by atoms with Crippen molar-refractivity contribution in [3.8, 4) is 28.3 Å². The maximum Gasteiger partial charge on any atom is 0.318 e. The Bertz CT molecular complexity index is 2280. The molecule has 2 saturated heterocycles. The predicted octanol–water partition coefficient (Wildman–Crippen LogP) is 6.22. The molecule has 52 heavy (non-hydrogen) atoms. The van der Waals surface area contributed by atoms with Crippen LogP contribution in [-0.4, -0.2) is 88.1 Å². The number of likely N-dealkylation sites (tertiary alicyclic amines) is 1. The first kappa shape index (κ1) is 34.3. The van der Waals surface area contributed by atoms with Crippen LogP contribution in [0, 0.1) is 0 Å². The van der Waals surface area contributed by atoms with Crippen LogP contribution >= 0.6 is 23.2 Å². The fourth-order valence-corrected chi connectivity index (χ4v) is 8.58. The molecule has 2 N–H and O–H groups in total. The number of nitrogens with zero attached hydrogens (tertiary/aromatic N) is 6. The van der Waals surface area contributed by atoms with Crippen molar-refractivity contribution < 1.29 is 14.3 Å². The van der Waals surface area contributed by atoms with Crippen molar-refractivity contribution in [3.63, 3.8) is 0 Å². The van der Waals surface area contributed by atoms with E-state index in [0.717, 1.165) is 49.0 Å². The number of fused-ring (bicyclic) bond motifs is 2. The van der Waals surface area contributed by atoms with Crippen LogP contribution in [0.25, 0.3) is 33.2 Å². The summed E-state index contributed by atoms with van der Waals surface area (Å²) in [6.07, 6.45) is 5.95. The van der Waals surface area contributed by atoms with Gasteiger partial charge in [0.1, 0.15) is 5.82 Å². The summed E-state index contributed by atoms with van der Waals surface area (Å²) in [4.78, 5) is 39.5. The molecule has 3 aliphatic rings. The first-order valence-corrected chi connectivity index (χ1v) is 18.0. The zero-order valence-corrected chi connectivity index (χ0v) is 30.6. The number of methoxy groups -OCH3 is 2. The van der Waals surface area contributed by atoms with Crippen molar-refractivity contribution in [2.24, 2.45) is 7.05 Å². The highest BCUT2D eigenvalue weighted by Crippen LogP contribution is 2.47. The number of aromatic nitrogens is 4. The maximum absolute atomic E-state index is 13.0. The Morgan fingerprint density at radius 3 is 2.63 bits per heavy atom. The minimum Gasteiger partial charge on any atom is -0.481 e. The van der Waals surface area contributed by atoms with E-state index in [9.17, 15) is 9.59 Å². The second-order valence-electron chi connectivity index (χ2n) is 13.6. The molecule has 5 aromatic rings. The summed E-state index contributed by atoms with van der Waals surface area (Å²) in [5.41, 5.74) is 5.24. The summed E-state index contributed by atoms with van der Waals surface area (Å²) < 4.78 is 12.4. The van der Waals surface area contributed by atoms with Gasteiger partial charge in [-0.15, -0.1) is 0 Å². The molecule has 2 aliphatic heterocycles. The monoisotopic (exact) mass is 740 g/mol. The van der Waals surface area contributed by atoms with Crippen LogP contribution in [0.4, 0.5) is 16.3 Å². The average Bonchev–Trinajstić information content (AvgIpc) is 3.85. The quantitative estimate of drug-likeness (QED) is 0.181. The van der Waals surface area contributed by atoms with Crippen LogP contribution in [0.3, 0.4) is 0 Å². The number of hydrogen-bond donors (Lipinski definition) is 2. The van der Waals surface area contributed by atoms with Crippen molar-refractivity contribution in [2.75, 3.05) is 52.3 Å². The van der Waals surface area contributed by atoms with E-state index < -0.39 is 0 Å². The molecule has 3 aromatic heterocycles. The number of urea groups is 1. The number of benzene rings is 2. The van der Waals surface area contributed by atoms with Gasteiger partial charge in [-0.1, -0.05) is 53.5 Å². The van der Waals surface area contributed by atoms with Gasteiger partial charge in [0.25, 0.3) is 5.56 Å². The van der Waals surface area contributed by atoms with E-state index in [1.165, 1.54) is 10.2 Å². The number of rotatable bonds is 9. The molecular formula is C38H38Cl2N8O4. The second kappa shape index (κ2) is 13.7. The summed E-state index contributed by atoms with van der Waals surface area (Å²) in [5.74, 6) is 0.969. The average molecular weight is 742 g/mol. The molecule has 2 amide bonds. The minimum absolute atomic E-state index is 0.0234. The predicted molar refractivity (Wildman–Crippen MR) is 202 cm³/mol. The maximum atomic E-state index is 13.0. The van der Waals surface area contributed by atoms with Gasteiger partial charge in [0.05, 0.1) is 52.3 Å². The fraction of sp³-hybridized carbons (Fsp3) is 0.342. The van der Waals surface area contributed by atoms with E-state index in [1.54, 1.807) is 39.7 Å². The SMILES string of the molecule is COCCN1C[C@@]2(CCN([C@@H]3CCc4cc(-c5cccc(-c6cccc(Nc7nccc8cnn(C)c(=O)c78)c6Cl)c5Cl)nc(OC)c43)C2)NC1=O. The largest absolute Gasteiger partial charge is 0.481 e. The van der Waals surface area contributed by atoms with Gasteiger partial charge >= 0.3 is 6.03 Å². The van der Waals surface area contributed by atoms with E-state index in [0.29, 0.717) is 69.2 Å². The lowest BCUT2D eigenvalue weighted by atomic mass is 9.99. The number of anilines is 2. The molecule has 1 aliphatic carbocycles. The molecule has 2 atom stereocenters. The minimum atomic E-state index is -0.268. The van der Waals surface area contributed by atoms with Crippen LogP contribution < -0.4 is 20.9 Å². The highest BCUT2D eigenvalue weighted by atomic mass is 35.5. The normalized spacial score (nSPS) is 19.8. The smallest absolute Gasteiger partial charge is 0.318 e. The van der Waals surface area contributed by atoms with Gasteiger partial charge in [0.15, 0.2) is 0 Å². The molecule has 0 unspecified atom stereocenters. The topological polar surface area (TPSA) is 127 Å². The Hall–Kier alpha value is -4.75. The van der Waals surface area contributed by atoms with Crippen LogP contribution in [0.2, 0.25) is 10.0 Å². The molecule has 0 radical (unpaired) electrons. The van der Waals surface area contributed by atoms with Crippen molar-refractivity contribution in [2.45, 2.75) is 30.8 Å². The van der Waals surface area contributed by atoms with Gasteiger partial charge in [-0.25, -0.2) is 19.4 Å². The Kier molecular flexibility index (Phi) is 9.02.